The minimum atomic E-state index is -3.60. The number of sulfone groups is 1. The third-order valence-corrected chi connectivity index (χ3v) is 2.77. The molecule has 0 saturated carbocycles. The molecule has 0 bridgehead atoms. The zero-order chi connectivity index (χ0) is 10.9. The van der Waals surface area contributed by atoms with Crippen molar-refractivity contribution < 1.29 is 18.3 Å². The van der Waals surface area contributed by atoms with Gasteiger partial charge in [-0.15, -0.1) is 0 Å². The fourth-order valence-electron chi connectivity index (χ4n) is 0.875. The van der Waals surface area contributed by atoms with E-state index in [-0.39, 0.29) is 28.9 Å². The van der Waals surface area contributed by atoms with E-state index < -0.39 is 21.5 Å². The van der Waals surface area contributed by atoms with Crippen molar-refractivity contribution in [3.05, 3.63) is 23.0 Å². The van der Waals surface area contributed by atoms with E-state index in [0.717, 1.165) is 12.3 Å². The Morgan fingerprint density at radius 2 is 2.00 bits per heavy atom. The summed E-state index contributed by atoms with van der Waals surface area (Å²) in [7, 11) is -3.60. The standard InChI is InChI=1S/C7H6ClNO4S.Li/c1-14(12,13)4-2-3-5(8)9-6(4)7(10)11;/h2-3H,1H3,(H,10,11);. The summed E-state index contributed by atoms with van der Waals surface area (Å²) in [5, 5.41) is 8.61. The van der Waals surface area contributed by atoms with Crippen LogP contribution in [0.1, 0.15) is 10.5 Å². The van der Waals surface area contributed by atoms with Gasteiger partial charge >= 0.3 is 5.97 Å². The Hall–Kier alpha value is -0.543. The number of carboxylic acids is 1. The van der Waals surface area contributed by atoms with Gasteiger partial charge in [-0.25, -0.2) is 18.2 Å². The summed E-state index contributed by atoms with van der Waals surface area (Å²) in [6.07, 6.45) is 0.907. The van der Waals surface area contributed by atoms with E-state index in [1.54, 1.807) is 0 Å². The van der Waals surface area contributed by atoms with Crippen molar-refractivity contribution in [2.75, 3.05) is 6.26 Å². The minimum Gasteiger partial charge on any atom is -0.476 e. The fraction of sp³-hybridized carbons (Fsp3) is 0.143. The summed E-state index contributed by atoms with van der Waals surface area (Å²) in [6, 6.07) is 2.35. The predicted molar refractivity (Wildman–Crippen MR) is 55.1 cm³/mol. The molecule has 1 N–H and O–H groups in total. The quantitative estimate of drug-likeness (QED) is 0.601. The molecular weight excluding hydrogens is 237 g/mol. The Bertz CT molecular complexity index is 488. The van der Waals surface area contributed by atoms with E-state index in [0.29, 0.717) is 0 Å². The molecule has 0 aromatic carbocycles. The predicted octanol–water partition coefficient (Wildman–Crippen LogP) is 0.456. The van der Waals surface area contributed by atoms with Gasteiger partial charge in [-0.1, -0.05) is 11.6 Å². The maximum Gasteiger partial charge on any atom is 0.355 e. The first kappa shape index (κ1) is 14.5. The number of carbonyl (C=O) groups is 1. The third kappa shape index (κ3) is 3.50. The van der Waals surface area contributed by atoms with Gasteiger partial charge in [0.05, 0.1) is 4.90 Å². The number of hydrogen-bond acceptors (Lipinski definition) is 4. The Balaban J connectivity index is 0.00000196. The molecule has 0 spiro atoms. The molecule has 8 heteroatoms. The number of nitrogens with zero attached hydrogens (tertiary/aromatic N) is 1. The van der Waals surface area contributed by atoms with Gasteiger partial charge in [0.2, 0.25) is 0 Å². The molecule has 0 unspecified atom stereocenters. The molecule has 1 rings (SSSR count). The van der Waals surface area contributed by atoms with Gasteiger partial charge in [0.15, 0.2) is 15.5 Å². The van der Waals surface area contributed by atoms with E-state index in [1.807, 2.05) is 0 Å². The zero-order valence-corrected chi connectivity index (χ0v) is 9.63. The largest absolute Gasteiger partial charge is 0.476 e. The van der Waals surface area contributed by atoms with Crippen LogP contribution in [-0.4, -0.2) is 49.6 Å². The van der Waals surface area contributed by atoms with Crippen LogP contribution in [0.4, 0.5) is 0 Å². The van der Waals surface area contributed by atoms with Gasteiger partial charge in [0.1, 0.15) is 5.15 Å². The van der Waals surface area contributed by atoms with Crippen LogP contribution in [0.2, 0.25) is 5.15 Å². The summed E-state index contributed by atoms with van der Waals surface area (Å²) >= 11 is 5.44. The Labute approximate surface area is 104 Å². The summed E-state index contributed by atoms with van der Waals surface area (Å²) in [4.78, 5) is 13.7. The van der Waals surface area contributed by atoms with Crippen LogP contribution in [0.15, 0.2) is 17.0 Å². The second kappa shape index (κ2) is 4.99. The Morgan fingerprint density at radius 1 is 1.47 bits per heavy atom. The van der Waals surface area contributed by atoms with Crippen molar-refractivity contribution in [2.24, 2.45) is 0 Å². The molecule has 0 atom stereocenters. The van der Waals surface area contributed by atoms with Gasteiger partial charge < -0.3 is 5.11 Å². The monoisotopic (exact) mass is 242 g/mol. The SMILES string of the molecule is CS(=O)(=O)c1ccc(Cl)nc1C(=O)O.[Li]. The Kier molecular flexibility index (Phi) is 4.81. The first-order valence-electron chi connectivity index (χ1n) is 3.42. The van der Waals surface area contributed by atoms with Crippen LogP contribution >= 0.6 is 11.6 Å². The topological polar surface area (TPSA) is 84.3 Å². The molecule has 1 aromatic rings. The first-order valence-corrected chi connectivity index (χ1v) is 5.69. The van der Waals surface area contributed by atoms with Gasteiger partial charge in [0.25, 0.3) is 0 Å². The number of rotatable bonds is 2. The van der Waals surface area contributed by atoms with Crippen molar-refractivity contribution in [1.82, 2.24) is 4.98 Å². The molecule has 0 fully saturated rings. The fourth-order valence-corrected chi connectivity index (χ4v) is 1.82. The molecule has 15 heavy (non-hydrogen) atoms. The van der Waals surface area contributed by atoms with E-state index in [1.165, 1.54) is 6.07 Å². The Morgan fingerprint density at radius 3 is 2.40 bits per heavy atom. The number of hydrogen-bond donors (Lipinski definition) is 1. The molecule has 0 aliphatic carbocycles. The number of aromatic nitrogens is 1. The normalized spacial score (nSPS) is 10.5. The van der Waals surface area contributed by atoms with Crippen molar-refractivity contribution in [1.29, 1.82) is 0 Å². The van der Waals surface area contributed by atoms with Crippen molar-refractivity contribution in [3.63, 3.8) is 0 Å². The van der Waals surface area contributed by atoms with Crippen LogP contribution in [0, 0.1) is 0 Å². The molecule has 77 valence electrons. The van der Waals surface area contributed by atoms with Gasteiger partial charge in [-0.2, -0.15) is 0 Å². The number of pyridine rings is 1. The molecule has 1 radical (unpaired) electrons. The van der Waals surface area contributed by atoms with Crippen molar-refractivity contribution >= 4 is 46.3 Å². The summed E-state index contributed by atoms with van der Waals surface area (Å²) < 4.78 is 22.2. The van der Waals surface area contributed by atoms with Crippen molar-refractivity contribution in [3.8, 4) is 0 Å². The average molecular weight is 243 g/mol. The van der Waals surface area contributed by atoms with Crippen molar-refractivity contribution in [2.45, 2.75) is 4.90 Å². The van der Waals surface area contributed by atoms with Crippen LogP contribution in [-0.2, 0) is 9.84 Å². The molecular formula is C7H6ClLiNO4S. The minimum absolute atomic E-state index is 0. The maximum absolute atomic E-state index is 11.1. The van der Waals surface area contributed by atoms with Gasteiger partial charge in [0, 0.05) is 25.1 Å². The second-order valence-corrected chi connectivity index (χ2v) is 4.93. The van der Waals surface area contributed by atoms with E-state index in [9.17, 15) is 13.2 Å². The number of carboxylic acid groups (broad SMARTS) is 1. The van der Waals surface area contributed by atoms with Gasteiger partial charge in [-0.05, 0) is 12.1 Å². The van der Waals surface area contributed by atoms with Gasteiger partial charge in [-0.3, -0.25) is 0 Å². The summed E-state index contributed by atoms with van der Waals surface area (Å²) in [6.45, 7) is 0. The van der Waals surface area contributed by atoms with Crippen LogP contribution in [0.3, 0.4) is 0 Å². The zero-order valence-electron chi connectivity index (χ0n) is 8.06. The first-order chi connectivity index (χ1) is 6.32. The molecule has 0 saturated heterocycles. The molecule has 0 aliphatic rings. The maximum atomic E-state index is 11.1. The number of halogens is 1. The van der Waals surface area contributed by atoms with E-state index >= 15 is 0 Å². The second-order valence-electron chi connectivity index (χ2n) is 2.56. The molecule has 0 aliphatic heterocycles. The van der Waals surface area contributed by atoms with Crippen LogP contribution in [0.25, 0.3) is 0 Å². The molecule has 0 amide bonds. The van der Waals surface area contributed by atoms with Crippen LogP contribution < -0.4 is 0 Å². The molecule has 1 heterocycles. The molecule has 5 nitrogen and oxygen atoms in total. The third-order valence-electron chi connectivity index (χ3n) is 1.43. The average Bonchev–Trinajstić information content (AvgIpc) is 2.01. The number of aromatic carboxylic acids is 1. The molecule has 1 aromatic heterocycles. The summed E-state index contributed by atoms with van der Waals surface area (Å²) in [5.74, 6) is -1.42. The smallest absolute Gasteiger partial charge is 0.355 e. The summed E-state index contributed by atoms with van der Waals surface area (Å²) in [5.41, 5.74) is -0.556. The van der Waals surface area contributed by atoms with Crippen LogP contribution in [0.5, 0.6) is 0 Å². The van der Waals surface area contributed by atoms with E-state index in [2.05, 4.69) is 4.98 Å². The van der Waals surface area contributed by atoms with E-state index in [4.69, 9.17) is 16.7 Å².